The number of carbonyl (C=O) groups excluding carboxylic acids is 1. The maximum Gasteiger partial charge on any atom is 0.258 e. The van der Waals surface area contributed by atoms with Crippen LogP contribution in [0.5, 0.6) is 5.75 Å². The summed E-state index contributed by atoms with van der Waals surface area (Å²) in [4.78, 5) is 15.4. The summed E-state index contributed by atoms with van der Waals surface area (Å²) in [5, 5.41) is 2.67. The lowest BCUT2D eigenvalue weighted by Crippen LogP contribution is -2.28. The highest BCUT2D eigenvalue weighted by atomic mass is 19.1. The molecule has 5 heteroatoms. The van der Waals surface area contributed by atoms with Crippen LogP contribution in [0.4, 0.5) is 4.39 Å². The zero-order valence-corrected chi connectivity index (χ0v) is 10.2. The Morgan fingerprint density at radius 2 is 1.95 bits per heavy atom. The van der Waals surface area contributed by atoms with Crippen molar-refractivity contribution in [3.8, 4) is 5.75 Å². The third-order valence-corrected chi connectivity index (χ3v) is 2.43. The van der Waals surface area contributed by atoms with Gasteiger partial charge in [-0.3, -0.25) is 9.78 Å². The fourth-order valence-electron chi connectivity index (χ4n) is 1.46. The number of nitrogens with zero attached hydrogens (tertiary/aromatic N) is 1. The first-order chi connectivity index (χ1) is 9.25. The number of para-hydroxylation sites is 1. The number of aromatic nitrogens is 1. The molecule has 0 bridgehead atoms. The molecule has 0 saturated heterocycles. The number of nitrogens with one attached hydrogen (secondary N) is 1. The van der Waals surface area contributed by atoms with Gasteiger partial charge in [0.1, 0.15) is 0 Å². The Hall–Kier alpha value is -2.43. The predicted molar refractivity (Wildman–Crippen MR) is 68.0 cm³/mol. The van der Waals surface area contributed by atoms with Gasteiger partial charge in [0.25, 0.3) is 5.91 Å². The normalized spacial score (nSPS) is 9.95. The minimum absolute atomic E-state index is 0.0709. The van der Waals surface area contributed by atoms with Crippen molar-refractivity contribution in [3.63, 3.8) is 0 Å². The topological polar surface area (TPSA) is 51.2 Å². The van der Waals surface area contributed by atoms with Crippen molar-refractivity contribution in [2.24, 2.45) is 0 Å². The van der Waals surface area contributed by atoms with E-state index < -0.39 is 5.82 Å². The fraction of sp³-hybridized carbons (Fsp3) is 0.143. The van der Waals surface area contributed by atoms with Crippen molar-refractivity contribution in [1.29, 1.82) is 0 Å². The molecule has 0 fully saturated rings. The second-order valence-electron chi connectivity index (χ2n) is 3.85. The van der Waals surface area contributed by atoms with Crippen LogP contribution >= 0.6 is 0 Å². The quantitative estimate of drug-likeness (QED) is 0.893. The Balaban J connectivity index is 1.78. The molecule has 4 nitrogen and oxygen atoms in total. The number of pyridine rings is 1. The number of hydrogen-bond acceptors (Lipinski definition) is 3. The van der Waals surface area contributed by atoms with Gasteiger partial charge in [0.15, 0.2) is 18.2 Å². The summed E-state index contributed by atoms with van der Waals surface area (Å²) >= 11 is 0. The summed E-state index contributed by atoms with van der Waals surface area (Å²) < 4.78 is 18.3. The van der Waals surface area contributed by atoms with Crippen molar-refractivity contribution < 1.29 is 13.9 Å². The first-order valence-electron chi connectivity index (χ1n) is 5.78. The van der Waals surface area contributed by atoms with Crippen LogP contribution in [-0.4, -0.2) is 17.5 Å². The second kappa shape index (κ2) is 6.49. The Kier molecular flexibility index (Phi) is 4.44. The highest BCUT2D eigenvalue weighted by molar-refractivity contribution is 5.77. The summed E-state index contributed by atoms with van der Waals surface area (Å²) in [5.41, 5.74) is 0.939. The van der Waals surface area contributed by atoms with Gasteiger partial charge in [-0.05, 0) is 29.8 Å². The molecule has 1 heterocycles. The Bertz CT molecular complexity index is 546. The molecule has 0 unspecified atom stereocenters. The number of benzene rings is 1. The van der Waals surface area contributed by atoms with Gasteiger partial charge >= 0.3 is 0 Å². The van der Waals surface area contributed by atoms with Crippen LogP contribution in [0.15, 0.2) is 48.8 Å². The van der Waals surface area contributed by atoms with Crippen LogP contribution in [0.2, 0.25) is 0 Å². The molecule has 1 aromatic heterocycles. The Morgan fingerprint density at radius 1 is 1.21 bits per heavy atom. The van der Waals surface area contributed by atoms with Crippen LogP contribution < -0.4 is 10.1 Å². The molecular weight excluding hydrogens is 247 g/mol. The fourth-order valence-corrected chi connectivity index (χ4v) is 1.46. The van der Waals surface area contributed by atoms with Crippen LogP contribution in [0, 0.1) is 5.82 Å². The SMILES string of the molecule is O=C(COc1ccccc1F)NCc1ccncc1. The molecule has 2 aromatic rings. The average Bonchev–Trinajstić information content (AvgIpc) is 2.45. The number of halogens is 1. The highest BCUT2D eigenvalue weighted by Gasteiger charge is 2.05. The van der Waals surface area contributed by atoms with Crippen LogP contribution in [-0.2, 0) is 11.3 Å². The van der Waals surface area contributed by atoms with E-state index in [1.165, 1.54) is 12.1 Å². The molecule has 0 spiro atoms. The number of ether oxygens (including phenoxy) is 1. The van der Waals surface area contributed by atoms with Crippen molar-refractivity contribution in [2.75, 3.05) is 6.61 Å². The number of hydrogen-bond donors (Lipinski definition) is 1. The minimum atomic E-state index is -0.482. The van der Waals surface area contributed by atoms with E-state index in [4.69, 9.17) is 4.74 Å². The van der Waals surface area contributed by atoms with Crippen LogP contribution in [0.25, 0.3) is 0 Å². The van der Waals surface area contributed by atoms with Gasteiger partial charge in [-0.25, -0.2) is 4.39 Å². The summed E-state index contributed by atoms with van der Waals surface area (Å²) in [7, 11) is 0. The molecule has 0 saturated carbocycles. The van der Waals surface area contributed by atoms with Gasteiger partial charge in [0, 0.05) is 18.9 Å². The van der Waals surface area contributed by atoms with Crippen molar-refractivity contribution in [2.45, 2.75) is 6.54 Å². The van der Waals surface area contributed by atoms with E-state index in [1.807, 2.05) is 0 Å². The smallest absolute Gasteiger partial charge is 0.258 e. The molecule has 19 heavy (non-hydrogen) atoms. The summed E-state index contributed by atoms with van der Waals surface area (Å²) in [6.07, 6.45) is 3.30. The molecule has 0 radical (unpaired) electrons. The number of amides is 1. The molecule has 1 aromatic carbocycles. The molecule has 2 rings (SSSR count). The van der Waals surface area contributed by atoms with Crippen LogP contribution in [0.3, 0.4) is 0 Å². The molecular formula is C14H13FN2O2. The van der Waals surface area contributed by atoms with Gasteiger partial charge in [-0.1, -0.05) is 12.1 Å². The van der Waals surface area contributed by atoms with Gasteiger partial charge < -0.3 is 10.1 Å². The van der Waals surface area contributed by atoms with E-state index >= 15 is 0 Å². The van der Waals surface area contributed by atoms with Gasteiger partial charge in [-0.15, -0.1) is 0 Å². The third-order valence-electron chi connectivity index (χ3n) is 2.43. The molecule has 0 aliphatic heterocycles. The lowest BCUT2D eigenvalue weighted by Gasteiger charge is -2.08. The van der Waals surface area contributed by atoms with Crippen molar-refractivity contribution in [3.05, 3.63) is 60.2 Å². The maximum absolute atomic E-state index is 13.2. The van der Waals surface area contributed by atoms with Crippen molar-refractivity contribution >= 4 is 5.91 Å². The zero-order chi connectivity index (χ0) is 13.5. The summed E-state index contributed by atoms with van der Waals surface area (Å²) in [6.45, 7) is 0.175. The van der Waals surface area contributed by atoms with E-state index in [0.29, 0.717) is 6.54 Å². The second-order valence-corrected chi connectivity index (χ2v) is 3.85. The molecule has 1 N–H and O–H groups in total. The standard InChI is InChI=1S/C14H13FN2O2/c15-12-3-1-2-4-13(12)19-10-14(18)17-9-11-5-7-16-8-6-11/h1-8H,9-10H2,(H,17,18). The van der Waals surface area contributed by atoms with E-state index in [0.717, 1.165) is 5.56 Å². The molecule has 1 amide bonds. The number of carbonyl (C=O) groups is 1. The largest absolute Gasteiger partial charge is 0.481 e. The molecule has 0 atom stereocenters. The lowest BCUT2D eigenvalue weighted by atomic mass is 10.3. The van der Waals surface area contributed by atoms with Gasteiger partial charge in [0.05, 0.1) is 0 Å². The Morgan fingerprint density at radius 3 is 2.68 bits per heavy atom. The first-order valence-corrected chi connectivity index (χ1v) is 5.78. The zero-order valence-electron chi connectivity index (χ0n) is 10.2. The molecule has 0 aliphatic carbocycles. The van der Waals surface area contributed by atoms with Gasteiger partial charge in [-0.2, -0.15) is 0 Å². The Labute approximate surface area is 110 Å². The minimum Gasteiger partial charge on any atom is -0.481 e. The van der Waals surface area contributed by atoms with E-state index in [-0.39, 0.29) is 18.3 Å². The molecule has 98 valence electrons. The highest BCUT2D eigenvalue weighted by Crippen LogP contribution is 2.14. The van der Waals surface area contributed by atoms with E-state index in [1.54, 1.807) is 36.7 Å². The summed E-state index contributed by atoms with van der Waals surface area (Å²) in [5.74, 6) is -0.717. The third kappa shape index (κ3) is 4.06. The lowest BCUT2D eigenvalue weighted by molar-refractivity contribution is -0.123. The maximum atomic E-state index is 13.2. The molecule has 0 aliphatic rings. The van der Waals surface area contributed by atoms with E-state index in [9.17, 15) is 9.18 Å². The van der Waals surface area contributed by atoms with Crippen molar-refractivity contribution in [1.82, 2.24) is 10.3 Å². The van der Waals surface area contributed by atoms with Gasteiger partial charge in [0.2, 0.25) is 0 Å². The predicted octanol–water partition coefficient (Wildman–Crippen LogP) is 1.92. The average molecular weight is 260 g/mol. The van der Waals surface area contributed by atoms with E-state index in [2.05, 4.69) is 10.3 Å². The monoisotopic (exact) mass is 260 g/mol. The number of rotatable bonds is 5. The summed E-state index contributed by atoms with van der Waals surface area (Å²) in [6, 6.07) is 9.57. The first kappa shape index (κ1) is 13.0. The van der Waals surface area contributed by atoms with Crippen LogP contribution in [0.1, 0.15) is 5.56 Å².